The first-order valence-electron chi connectivity index (χ1n) is 28.6. The van der Waals surface area contributed by atoms with Gasteiger partial charge < -0.3 is 20.6 Å². The third kappa shape index (κ3) is 18.6. The number of aliphatic imine (C=N–C) groups is 3. The van der Waals surface area contributed by atoms with Crippen molar-refractivity contribution in [2.45, 2.75) is 91.4 Å². The van der Waals surface area contributed by atoms with Gasteiger partial charge in [0.2, 0.25) is 5.69 Å². The molecule has 14 heteroatoms. The van der Waals surface area contributed by atoms with Gasteiger partial charge in [-0.1, -0.05) is 183 Å². The van der Waals surface area contributed by atoms with E-state index in [-0.39, 0.29) is 28.7 Å². The molecule has 0 radical (unpaired) electrons. The smallest absolute Gasteiger partial charge is 0.488 e. The Kier molecular flexibility index (Phi) is 26.0. The quantitative estimate of drug-likeness (QED) is 0.0136. The van der Waals surface area contributed by atoms with Crippen molar-refractivity contribution in [2.75, 3.05) is 17.6 Å². The number of hydrogen-bond donors (Lipinski definition) is 3. The summed E-state index contributed by atoms with van der Waals surface area (Å²) in [5.74, 6) is 0.748. The lowest BCUT2D eigenvalue weighted by atomic mass is 9.81. The molecule has 8 aromatic carbocycles. The first kappa shape index (κ1) is 67.8. The molecule has 86 heavy (non-hydrogen) atoms. The minimum atomic E-state index is -1.34. The number of nitrogens with one attached hydrogen (secondary N) is 1. The SMILES string of the molecule is C(/C=C/C=C/Nc1ccccc1)=Nc1ccccc1.CC1=Nc2ccc(-c3ccccc3)cc2C1(C)C.CC1=Nc2ccc(Br)cc2C1(C)C.CC1=[N+](CCCCSOO[O-])c2ccc(-c3ccccc3)cc2C1(C)C.Cl.OB(O)c1ccccc1. The number of halogens is 2. The summed E-state index contributed by atoms with van der Waals surface area (Å²) in [6.07, 6.45) is 11.4. The van der Waals surface area contributed by atoms with Crippen LogP contribution in [0.2, 0.25) is 0 Å². The van der Waals surface area contributed by atoms with E-state index in [1.165, 1.54) is 61.8 Å². The molecule has 8 aromatic rings. The number of fused-ring (bicyclic) bond motifs is 3. The van der Waals surface area contributed by atoms with E-state index in [0.717, 1.165) is 64.4 Å². The van der Waals surface area contributed by atoms with Crippen LogP contribution >= 0.6 is 40.4 Å². The van der Waals surface area contributed by atoms with Crippen LogP contribution in [0.3, 0.4) is 0 Å². The molecule has 0 spiro atoms. The Balaban J connectivity index is 0.000000178. The number of allylic oxidation sites excluding steroid dienone is 3. The van der Waals surface area contributed by atoms with E-state index < -0.39 is 7.12 Å². The molecule has 0 saturated heterocycles. The Bertz CT molecular complexity index is 3620. The molecule has 0 atom stereocenters. The van der Waals surface area contributed by atoms with E-state index in [2.05, 4.69) is 210 Å². The first-order valence-corrected chi connectivity index (χ1v) is 30.3. The predicted molar refractivity (Wildman–Crippen MR) is 368 cm³/mol. The van der Waals surface area contributed by atoms with Gasteiger partial charge >= 0.3 is 7.12 Å². The number of para-hydroxylation sites is 2. The molecule has 3 aliphatic rings. The Morgan fingerprint density at radius 2 is 1.08 bits per heavy atom. The standard InChI is InChI=1S/C21H25NO3S.C17H16N2.C17H17N.C11H12BrN.C6H7BO2.ClH/c1-16-21(2,3)19-15-18(17-9-5-4-6-10-17)11-12-20(19)22(16)13-7-8-14-26-25-24-23;1-4-10-16(11-5-1)18-14-8-3-9-15-19-17-12-6-2-7-13-17;1-12-17(2,3)15-11-14(9-10-16(15)18-12)13-7-5-4-6-8-13;1-7-11(2,3)9-6-8(12)4-5-10(9)13-7;8-7(9)6-4-2-1-3-5-6;/h4-6,9-12,15H,7-8,13-14H2,1-3H3;1-15,18H;4-11H,1-3H3;4-6H,1-3H3;1-5,8-9H;1H/b;9-3+,14-8+,19-15?;;;;. The topological polar surface area (TPSA) is 134 Å². The Hall–Kier alpha value is -7.30. The summed E-state index contributed by atoms with van der Waals surface area (Å²) in [4.78, 5) is 13.5. The molecule has 0 bridgehead atoms. The van der Waals surface area contributed by atoms with E-state index in [4.69, 9.17) is 10.0 Å². The summed E-state index contributed by atoms with van der Waals surface area (Å²) in [6.45, 7) is 20.9. The molecule has 0 saturated carbocycles. The van der Waals surface area contributed by atoms with E-state index in [1.54, 1.807) is 30.5 Å². The molecule has 444 valence electrons. The number of nitrogens with zero attached hydrogens (tertiary/aromatic N) is 4. The lowest BCUT2D eigenvalue weighted by molar-refractivity contribution is -0.777. The van der Waals surface area contributed by atoms with E-state index in [9.17, 15) is 5.26 Å². The maximum absolute atomic E-state index is 9.80. The number of rotatable bonds is 15. The van der Waals surface area contributed by atoms with Gasteiger partial charge in [0.1, 0.15) is 6.54 Å². The molecular weight excluding hydrogens is 1170 g/mol. The van der Waals surface area contributed by atoms with Crippen molar-refractivity contribution in [3.8, 4) is 22.3 Å². The molecule has 0 fully saturated rings. The second kappa shape index (κ2) is 33.0. The number of anilines is 1. The molecule has 0 unspecified atom stereocenters. The predicted octanol–water partition coefficient (Wildman–Crippen LogP) is 17.3. The van der Waals surface area contributed by atoms with Gasteiger partial charge in [-0.25, -0.2) is 0 Å². The second-order valence-electron chi connectivity index (χ2n) is 22.2. The largest absolute Gasteiger partial charge is 0.691 e. The summed E-state index contributed by atoms with van der Waals surface area (Å²) in [5, 5.41) is 33.5. The number of unbranched alkanes of at least 4 members (excludes halogenated alkanes) is 1. The van der Waals surface area contributed by atoms with Gasteiger partial charge in [0.25, 0.3) is 0 Å². The van der Waals surface area contributed by atoms with Crippen molar-refractivity contribution in [3.05, 3.63) is 252 Å². The average molecular weight is 1250 g/mol. The normalized spacial score (nSPS) is 14.3. The number of benzene rings is 8. The van der Waals surface area contributed by atoms with Crippen LogP contribution in [0, 0.1) is 0 Å². The van der Waals surface area contributed by atoms with Gasteiger partial charge in [-0.15, -0.1) is 12.4 Å². The van der Waals surface area contributed by atoms with Gasteiger partial charge in [-0.2, -0.15) is 8.91 Å². The van der Waals surface area contributed by atoms with Gasteiger partial charge in [0.15, 0.2) is 5.71 Å². The van der Waals surface area contributed by atoms with Crippen LogP contribution in [-0.4, -0.2) is 57.4 Å². The highest BCUT2D eigenvalue weighted by Crippen LogP contribution is 2.44. The average Bonchev–Trinajstić information content (AvgIpc) is 2.17. The van der Waals surface area contributed by atoms with E-state index >= 15 is 0 Å². The van der Waals surface area contributed by atoms with Gasteiger partial charge in [0, 0.05) is 87.6 Å². The van der Waals surface area contributed by atoms with Crippen LogP contribution in [0.5, 0.6) is 0 Å². The van der Waals surface area contributed by atoms with Gasteiger partial charge in [-0.05, 0) is 152 Å². The van der Waals surface area contributed by atoms with Crippen molar-refractivity contribution in [1.82, 2.24) is 0 Å². The molecule has 3 aliphatic heterocycles. The van der Waals surface area contributed by atoms with E-state index in [1.807, 2.05) is 109 Å². The summed E-state index contributed by atoms with van der Waals surface area (Å²) in [7, 11) is -1.34. The summed E-state index contributed by atoms with van der Waals surface area (Å²) >= 11 is 4.55. The van der Waals surface area contributed by atoms with Crippen molar-refractivity contribution >= 4 is 105 Å². The van der Waals surface area contributed by atoms with Crippen molar-refractivity contribution in [1.29, 1.82) is 0 Å². The Labute approximate surface area is 528 Å². The summed E-state index contributed by atoms with van der Waals surface area (Å²) < 4.78 is 7.87. The fourth-order valence-corrected chi connectivity index (χ4v) is 10.6. The molecule has 0 aliphatic carbocycles. The first-order chi connectivity index (χ1) is 40.9. The highest BCUT2D eigenvalue weighted by molar-refractivity contribution is 9.10. The summed E-state index contributed by atoms with van der Waals surface area (Å²) in [5.41, 5.74) is 19.1. The molecule has 3 N–H and O–H groups in total. The fraction of sp³-hybridized carbons (Fsp3) is 0.222. The Morgan fingerprint density at radius 1 is 0.581 bits per heavy atom. The van der Waals surface area contributed by atoms with Crippen LogP contribution in [0.15, 0.2) is 250 Å². The highest BCUT2D eigenvalue weighted by atomic mass is 79.9. The molecule has 3 heterocycles. The second-order valence-corrected chi connectivity index (χ2v) is 23.9. The Morgan fingerprint density at radius 3 is 1.63 bits per heavy atom. The van der Waals surface area contributed by atoms with Crippen molar-refractivity contribution in [3.63, 3.8) is 0 Å². The van der Waals surface area contributed by atoms with Crippen molar-refractivity contribution < 1.29 is 29.3 Å². The van der Waals surface area contributed by atoms with Crippen LogP contribution in [0.4, 0.5) is 28.4 Å². The fourth-order valence-electron chi connectivity index (χ4n) is 9.77. The molecule has 0 amide bonds. The minimum Gasteiger partial charge on any atom is -0.691 e. The third-order valence-corrected chi connectivity index (χ3v) is 16.7. The van der Waals surface area contributed by atoms with Crippen LogP contribution in [0.25, 0.3) is 22.3 Å². The highest BCUT2D eigenvalue weighted by Gasteiger charge is 2.43. The molecule has 0 aromatic heterocycles. The van der Waals surface area contributed by atoms with Gasteiger partial charge in [0.05, 0.1) is 22.5 Å². The van der Waals surface area contributed by atoms with Crippen LogP contribution < -0.4 is 16.0 Å². The van der Waals surface area contributed by atoms with Crippen LogP contribution in [-0.2, 0) is 25.6 Å². The van der Waals surface area contributed by atoms with Crippen molar-refractivity contribution in [2.24, 2.45) is 15.0 Å². The molecular formula is C72H78BBrClN5O5S. The molecule has 10 nitrogen and oxygen atoms in total. The van der Waals surface area contributed by atoms with E-state index in [0.29, 0.717) is 5.46 Å². The summed E-state index contributed by atoms with van der Waals surface area (Å²) in [6, 6.07) is 69.2. The lowest BCUT2D eigenvalue weighted by Gasteiger charge is -2.20. The zero-order valence-electron chi connectivity index (χ0n) is 50.5. The minimum absolute atomic E-state index is 0. The lowest BCUT2D eigenvalue weighted by Crippen LogP contribution is -2.29. The number of hydrogen-bond acceptors (Lipinski definition) is 10. The maximum Gasteiger partial charge on any atom is 0.488 e. The zero-order valence-corrected chi connectivity index (χ0v) is 53.7. The third-order valence-electron chi connectivity index (χ3n) is 15.6. The zero-order chi connectivity index (χ0) is 60.8. The molecule has 11 rings (SSSR count). The van der Waals surface area contributed by atoms with Gasteiger partial charge in [-0.3, -0.25) is 20.0 Å². The monoisotopic (exact) mass is 1250 g/mol. The maximum atomic E-state index is 9.80. The van der Waals surface area contributed by atoms with Crippen LogP contribution in [0.1, 0.15) is 91.8 Å².